The van der Waals surface area contributed by atoms with Crippen LogP contribution in [0, 0.1) is 0 Å². The van der Waals surface area contributed by atoms with E-state index in [1.54, 1.807) is 0 Å². The number of carbonyl (C=O) groups is 2. The van der Waals surface area contributed by atoms with E-state index in [0.29, 0.717) is 17.4 Å². The van der Waals surface area contributed by atoms with Crippen molar-refractivity contribution in [1.82, 2.24) is 0 Å². The molecule has 9 nitrogen and oxygen atoms in total. The van der Waals surface area contributed by atoms with Gasteiger partial charge in [0.1, 0.15) is 19.8 Å². The van der Waals surface area contributed by atoms with Crippen molar-refractivity contribution in [2.75, 3.05) is 47.5 Å². The van der Waals surface area contributed by atoms with Crippen LogP contribution in [-0.4, -0.2) is 70.0 Å². The number of allylic oxidation sites excluding steroid dienone is 6. The Morgan fingerprint density at radius 1 is 0.431 bits per heavy atom. The molecule has 2 atom stereocenters. The van der Waals surface area contributed by atoms with E-state index in [1.807, 2.05) is 21.1 Å². The third-order valence-electron chi connectivity index (χ3n) is 13.6. The van der Waals surface area contributed by atoms with Gasteiger partial charge in [-0.05, 0) is 70.6 Å². The summed E-state index contributed by atoms with van der Waals surface area (Å²) in [6, 6.07) is 0. The zero-order valence-electron chi connectivity index (χ0n) is 48.1. The Hall–Kier alpha value is -1.77. The molecule has 424 valence electrons. The Kier molecular flexibility index (Phi) is 52.7. The number of nitrogens with zero attached hydrogens (tertiary/aromatic N) is 1. The minimum absolute atomic E-state index is 0.0301. The number of rotatable bonds is 57. The number of phosphoric ester groups is 1. The highest BCUT2D eigenvalue weighted by molar-refractivity contribution is 7.45. The second-order valence-corrected chi connectivity index (χ2v) is 23.5. The van der Waals surface area contributed by atoms with Gasteiger partial charge in [0.15, 0.2) is 6.10 Å². The molecule has 0 heterocycles. The van der Waals surface area contributed by atoms with Crippen molar-refractivity contribution in [2.24, 2.45) is 0 Å². The van der Waals surface area contributed by atoms with Gasteiger partial charge in [-0.3, -0.25) is 14.2 Å². The van der Waals surface area contributed by atoms with E-state index in [2.05, 4.69) is 50.3 Å². The zero-order valence-corrected chi connectivity index (χ0v) is 49.0. The van der Waals surface area contributed by atoms with Gasteiger partial charge in [-0.1, -0.05) is 249 Å². The van der Waals surface area contributed by atoms with Crippen molar-refractivity contribution in [3.63, 3.8) is 0 Å². The van der Waals surface area contributed by atoms with Crippen molar-refractivity contribution in [3.05, 3.63) is 36.5 Å². The molecule has 0 aromatic rings. The van der Waals surface area contributed by atoms with Crippen LogP contribution in [-0.2, 0) is 32.7 Å². The van der Waals surface area contributed by atoms with E-state index in [9.17, 15) is 19.0 Å². The summed E-state index contributed by atoms with van der Waals surface area (Å²) in [5, 5.41) is 0. The van der Waals surface area contributed by atoms with Gasteiger partial charge in [-0.15, -0.1) is 0 Å². The second kappa shape index (κ2) is 54.0. The smallest absolute Gasteiger partial charge is 0.306 e. The van der Waals surface area contributed by atoms with Crippen molar-refractivity contribution < 1.29 is 42.1 Å². The van der Waals surface area contributed by atoms with Crippen LogP contribution in [0.25, 0.3) is 0 Å². The number of ether oxygens (including phenoxy) is 2. The molecule has 0 aliphatic carbocycles. The van der Waals surface area contributed by atoms with Gasteiger partial charge >= 0.3 is 11.9 Å². The van der Waals surface area contributed by atoms with Crippen LogP contribution in [0.15, 0.2) is 36.5 Å². The molecule has 0 amide bonds. The number of likely N-dealkylation sites (N-methyl/N-ethyl adjacent to an activating group) is 1. The fourth-order valence-electron chi connectivity index (χ4n) is 8.86. The molecular formula is C62H118NO8P. The molecular weight excluding hydrogens is 918 g/mol. The van der Waals surface area contributed by atoms with E-state index in [0.717, 1.165) is 57.8 Å². The summed E-state index contributed by atoms with van der Waals surface area (Å²) in [6.07, 6.45) is 66.4. The maximum absolute atomic E-state index is 12.8. The molecule has 72 heavy (non-hydrogen) atoms. The summed E-state index contributed by atoms with van der Waals surface area (Å²) in [6.45, 7) is 4.25. The molecule has 0 spiro atoms. The number of unbranched alkanes of at least 4 members (excludes halogenated alkanes) is 37. The number of hydrogen-bond acceptors (Lipinski definition) is 8. The average molecular weight is 1040 g/mol. The van der Waals surface area contributed by atoms with Crippen LogP contribution < -0.4 is 4.89 Å². The number of carbonyl (C=O) groups excluding carboxylic acids is 2. The van der Waals surface area contributed by atoms with Gasteiger partial charge in [0.2, 0.25) is 0 Å². The van der Waals surface area contributed by atoms with E-state index < -0.39 is 26.5 Å². The molecule has 0 radical (unpaired) electrons. The molecule has 0 rings (SSSR count). The monoisotopic (exact) mass is 1040 g/mol. The summed E-state index contributed by atoms with van der Waals surface area (Å²) in [5.74, 6) is -0.830. The van der Waals surface area contributed by atoms with E-state index >= 15 is 0 Å². The number of esters is 2. The molecule has 0 N–H and O–H groups in total. The number of hydrogen-bond donors (Lipinski definition) is 0. The molecule has 0 bridgehead atoms. The lowest BCUT2D eigenvalue weighted by Crippen LogP contribution is -2.37. The fourth-order valence-corrected chi connectivity index (χ4v) is 9.59. The van der Waals surface area contributed by atoms with Gasteiger partial charge in [0, 0.05) is 12.8 Å². The van der Waals surface area contributed by atoms with Crippen LogP contribution in [0.4, 0.5) is 0 Å². The molecule has 2 unspecified atom stereocenters. The second-order valence-electron chi connectivity index (χ2n) is 22.1. The summed E-state index contributed by atoms with van der Waals surface area (Å²) in [5.41, 5.74) is 0. The first-order chi connectivity index (χ1) is 35.0. The van der Waals surface area contributed by atoms with Crippen LogP contribution in [0.1, 0.15) is 296 Å². The fraction of sp³-hybridized carbons (Fsp3) is 0.871. The highest BCUT2D eigenvalue weighted by Gasteiger charge is 2.22. The van der Waals surface area contributed by atoms with Gasteiger partial charge in [-0.25, -0.2) is 0 Å². The Morgan fingerprint density at radius 3 is 1.11 bits per heavy atom. The largest absolute Gasteiger partial charge is 0.756 e. The maximum atomic E-state index is 12.8. The highest BCUT2D eigenvalue weighted by Crippen LogP contribution is 2.38. The normalized spacial score (nSPS) is 13.5. The van der Waals surface area contributed by atoms with Crippen LogP contribution >= 0.6 is 7.82 Å². The predicted octanol–water partition coefficient (Wildman–Crippen LogP) is 18.5. The molecule has 0 saturated carbocycles. The van der Waals surface area contributed by atoms with Crippen molar-refractivity contribution in [1.29, 1.82) is 0 Å². The minimum atomic E-state index is -4.63. The average Bonchev–Trinajstić information content (AvgIpc) is 3.34. The molecule has 0 aliphatic rings. The standard InChI is InChI=1S/C62H118NO8P/c1-6-8-10-12-14-16-18-20-22-23-24-25-26-27-28-29-30-31-32-33-34-35-36-37-38-39-41-43-45-47-49-51-53-55-62(65)71-60(59-70-72(66,67)69-57-56-63(3,4)5)58-68-61(64)54-52-50-48-46-44-42-40-21-19-17-15-13-11-9-7-2/h18,20-21,23-24,40,60H,6-17,19,22,25-39,41-59H2,1-5H3/b20-18-,24-23-,40-21-. The zero-order chi connectivity index (χ0) is 52.7. The molecule has 0 aromatic carbocycles. The number of quaternary nitrogens is 1. The molecule has 0 aliphatic heterocycles. The van der Waals surface area contributed by atoms with Crippen molar-refractivity contribution in [3.8, 4) is 0 Å². The van der Waals surface area contributed by atoms with Gasteiger partial charge in [0.25, 0.3) is 7.82 Å². The Labute approximate surface area is 446 Å². The Bertz CT molecular complexity index is 1310. The Balaban J connectivity index is 3.99. The summed E-state index contributed by atoms with van der Waals surface area (Å²) >= 11 is 0. The number of phosphoric acid groups is 1. The van der Waals surface area contributed by atoms with Crippen LogP contribution in [0.2, 0.25) is 0 Å². The van der Waals surface area contributed by atoms with Crippen LogP contribution in [0.5, 0.6) is 0 Å². The quantitative estimate of drug-likeness (QED) is 0.0195. The van der Waals surface area contributed by atoms with E-state index in [1.165, 1.54) is 205 Å². The van der Waals surface area contributed by atoms with Gasteiger partial charge in [0.05, 0.1) is 27.7 Å². The Morgan fingerprint density at radius 2 is 0.750 bits per heavy atom. The van der Waals surface area contributed by atoms with Crippen molar-refractivity contribution in [2.45, 2.75) is 302 Å². The molecule has 10 heteroatoms. The van der Waals surface area contributed by atoms with E-state index in [4.69, 9.17) is 18.5 Å². The maximum Gasteiger partial charge on any atom is 0.306 e. The third-order valence-corrected chi connectivity index (χ3v) is 14.6. The van der Waals surface area contributed by atoms with Gasteiger partial charge < -0.3 is 27.9 Å². The third kappa shape index (κ3) is 57.5. The summed E-state index contributed by atoms with van der Waals surface area (Å²) in [7, 11) is 1.17. The minimum Gasteiger partial charge on any atom is -0.756 e. The lowest BCUT2D eigenvalue weighted by molar-refractivity contribution is -0.870. The van der Waals surface area contributed by atoms with Gasteiger partial charge in [-0.2, -0.15) is 0 Å². The lowest BCUT2D eigenvalue weighted by atomic mass is 10.0. The highest BCUT2D eigenvalue weighted by atomic mass is 31.2. The predicted molar refractivity (Wildman–Crippen MR) is 305 cm³/mol. The summed E-state index contributed by atoms with van der Waals surface area (Å²) < 4.78 is 34.1. The molecule has 0 saturated heterocycles. The molecule has 0 aromatic heterocycles. The first-order valence-corrected chi connectivity index (χ1v) is 32.2. The first-order valence-electron chi connectivity index (χ1n) is 30.7. The van der Waals surface area contributed by atoms with Crippen molar-refractivity contribution >= 4 is 19.8 Å². The molecule has 0 fully saturated rings. The summed E-state index contributed by atoms with van der Waals surface area (Å²) in [4.78, 5) is 37.8. The lowest BCUT2D eigenvalue weighted by Gasteiger charge is -2.28. The topological polar surface area (TPSA) is 111 Å². The first kappa shape index (κ1) is 70.2. The van der Waals surface area contributed by atoms with E-state index in [-0.39, 0.29) is 32.0 Å². The van der Waals surface area contributed by atoms with Crippen LogP contribution in [0.3, 0.4) is 0 Å². The SMILES string of the molecule is CCCCCCC/C=C\C/C=C\CCCCCCCCCCCCCCCCCCCCCCCC(=O)OC(COC(=O)CCCCCCC/C=C\CCCCCCCC)COP(=O)([O-])OCC[N+](C)(C)C.